The third-order valence-electron chi connectivity index (χ3n) is 3.96. The van der Waals surface area contributed by atoms with E-state index in [4.69, 9.17) is 9.47 Å². The minimum Gasteiger partial charge on any atom is -0.491 e. The van der Waals surface area contributed by atoms with Gasteiger partial charge in [0.25, 0.3) is 0 Å². The molecule has 2 N–H and O–H groups in total. The Bertz CT molecular complexity index is 798. The van der Waals surface area contributed by atoms with Crippen LogP contribution in [0.4, 0.5) is 26.2 Å². The number of carbonyl (C=O) groups excluding carboxylic acids is 1. The molecule has 0 spiro atoms. The van der Waals surface area contributed by atoms with Crippen molar-refractivity contribution in [1.82, 2.24) is 0 Å². The molecule has 2 amide bonds. The molecule has 0 radical (unpaired) electrons. The van der Waals surface area contributed by atoms with Crippen molar-refractivity contribution < 1.29 is 18.7 Å². The number of nitrogens with zero attached hydrogens (tertiary/aromatic N) is 1. The molecular weight excluding hydrogens is 337 g/mol. The van der Waals surface area contributed by atoms with Gasteiger partial charge in [0, 0.05) is 18.8 Å². The van der Waals surface area contributed by atoms with Crippen LogP contribution in [0.15, 0.2) is 36.4 Å². The maximum absolute atomic E-state index is 14.0. The lowest BCUT2D eigenvalue weighted by Crippen LogP contribution is -2.30. The van der Waals surface area contributed by atoms with E-state index in [1.807, 2.05) is 31.0 Å². The van der Waals surface area contributed by atoms with Crippen molar-refractivity contribution in [2.45, 2.75) is 13.3 Å². The first kappa shape index (κ1) is 17.8. The number of urea groups is 1. The number of hydrogen-bond donors (Lipinski definition) is 2. The highest BCUT2D eigenvalue weighted by Gasteiger charge is 2.19. The summed E-state index contributed by atoms with van der Waals surface area (Å²) in [5.41, 5.74) is 1.80. The van der Waals surface area contributed by atoms with Gasteiger partial charge in [-0.2, -0.15) is 0 Å². The van der Waals surface area contributed by atoms with E-state index in [0.29, 0.717) is 24.6 Å². The summed E-state index contributed by atoms with van der Waals surface area (Å²) < 4.78 is 24.9. The number of carbonyl (C=O) groups is 1. The van der Waals surface area contributed by atoms with Gasteiger partial charge < -0.3 is 25.0 Å². The maximum atomic E-state index is 14.0. The molecule has 0 saturated carbocycles. The number of rotatable bonds is 5. The first-order chi connectivity index (χ1) is 12.6. The zero-order valence-electron chi connectivity index (χ0n) is 14.8. The molecule has 0 aromatic heterocycles. The molecule has 0 atom stereocenters. The van der Waals surface area contributed by atoms with Crippen molar-refractivity contribution in [1.29, 1.82) is 0 Å². The zero-order valence-corrected chi connectivity index (χ0v) is 14.8. The molecule has 26 heavy (non-hydrogen) atoms. The fourth-order valence-electron chi connectivity index (χ4n) is 2.73. The van der Waals surface area contributed by atoms with Crippen LogP contribution in [0.1, 0.15) is 13.3 Å². The van der Waals surface area contributed by atoms with Crippen molar-refractivity contribution in [3.63, 3.8) is 0 Å². The molecule has 0 bridgehead atoms. The van der Waals surface area contributed by atoms with Crippen LogP contribution in [-0.2, 0) is 0 Å². The van der Waals surface area contributed by atoms with E-state index in [1.165, 1.54) is 12.1 Å². The number of fused-ring (bicyclic) bond motifs is 1. The molecule has 138 valence electrons. The van der Waals surface area contributed by atoms with Gasteiger partial charge in [0.2, 0.25) is 0 Å². The molecule has 1 aliphatic rings. The highest BCUT2D eigenvalue weighted by molar-refractivity contribution is 6.02. The zero-order chi connectivity index (χ0) is 18.5. The van der Waals surface area contributed by atoms with Crippen molar-refractivity contribution >= 4 is 23.1 Å². The van der Waals surface area contributed by atoms with Crippen molar-refractivity contribution in [2.24, 2.45) is 0 Å². The lowest BCUT2D eigenvalue weighted by molar-refractivity contribution is 0.262. The lowest BCUT2D eigenvalue weighted by atomic mass is 10.2. The van der Waals surface area contributed by atoms with Gasteiger partial charge in [0.05, 0.1) is 18.8 Å². The van der Waals surface area contributed by atoms with E-state index in [1.54, 1.807) is 12.1 Å². The molecule has 0 fully saturated rings. The summed E-state index contributed by atoms with van der Waals surface area (Å²) in [5, 5.41) is 5.42. The van der Waals surface area contributed by atoms with Crippen LogP contribution in [0.3, 0.4) is 0 Å². The molecule has 7 heteroatoms. The molecular formula is C19H22FN3O3. The Kier molecular flexibility index (Phi) is 5.46. The van der Waals surface area contributed by atoms with E-state index in [0.717, 1.165) is 24.4 Å². The average molecular weight is 359 g/mol. The topological polar surface area (TPSA) is 62.8 Å². The largest absolute Gasteiger partial charge is 0.491 e. The Hall–Kier alpha value is -2.96. The van der Waals surface area contributed by atoms with Gasteiger partial charge in [-0.05, 0) is 30.7 Å². The summed E-state index contributed by atoms with van der Waals surface area (Å²) in [4.78, 5) is 14.3. The van der Waals surface area contributed by atoms with Crippen LogP contribution >= 0.6 is 0 Å². The van der Waals surface area contributed by atoms with Crippen LogP contribution in [0.2, 0.25) is 0 Å². The molecule has 2 aromatic carbocycles. The molecule has 0 unspecified atom stereocenters. The quantitative estimate of drug-likeness (QED) is 0.844. The second kappa shape index (κ2) is 7.95. The summed E-state index contributed by atoms with van der Waals surface area (Å²) in [6.45, 7) is 3.73. The number of anilines is 3. The van der Waals surface area contributed by atoms with Gasteiger partial charge in [-0.15, -0.1) is 0 Å². The van der Waals surface area contributed by atoms with Crippen LogP contribution in [0, 0.1) is 5.82 Å². The Morgan fingerprint density at radius 2 is 2.15 bits per heavy atom. The fourth-order valence-corrected chi connectivity index (χ4v) is 2.73. The fraction of sp³-hybridized carbons (Fsp3) is 0.316. The second-order valence-corrected chi connectivity index (χ2v) is 6.00. The predicted molar refractivity (Wildman–Crippen MR) is 100 cm³/mol. The first-order valence-corrected chi connectivity index (χ1v) is 8.55. The van der Waals surface area contributed by atoms with Gasteiger partial charge in [-0.1, -0.05) is 13.0 Å². The summed E-state index contributed by atoms with van der Waals surface area (Å²) in [7, 11) is 1.94. The Morgan fingerprint density at radius 3 is 2.92 bits per heavy atom. The SMILES string of the molecule is CCCOc1ccc(NC(=O)Nc2cccc3c2N(C)CCO3)cc1F. The predicted octanol–water partition coefficient (Wildman–Crippen LogP) is 4.09. The molecule has 1 heterocycles. The molecule has 3 rings (SSSR count). The average Bonchev–Trinajstić information content (AvgIpc) is 2.61. The smallest absolute Gasteiger partial charge is 0.323 e. The third-order valence-corrected chi connectivity index (χ3v) is 3.96. The normalized spacial score (nSPS) is 12.8. The van der Waals surface area contributed by atoms with Gasteiger partial charge in [-0.3, -0.25) is 0 Å². The Labute approximate surface area is 151 Å². The van der Waals surface area contributed by atoms with E-state index in [2.05, 4.69) is 10.6 Å². The van der Waals surface area contributed by atoms with E-state index in [9.17, 15) is 9.18 Å². The number of hydrogen-bond acceptors (Lipinski definition) is 4. The summed E-state index contributed by atoms with van der Waals surface area (Å²) >= 11 is 0. The number of benzene rings is 2. The monoisotopic (exact) mass is 359 g/mol. The van der Waals surface area contributed by atoms with Crippen molar-refractivity contribution in [2.75, 3.05) is 42.3 Å². The van der Waals surface area contributed by atoms with Gasteiger partial charge >= 0.3 is 6.03 Å². The number of para-hydroxylation sites is 1. The van der Waals surface area contributed by atoms with E-state index >= 15 is 0 Å². The van der Waals surface area contributed by atoms with Crippen LogP contribution in [-0.4, -0.2) is 32.8 Å². The number of ether oxygens (including phenoxy) is 2. The van der Waals surface area contributed by atoms with Crippen molar-refractivity contribution in [3.05, 3.63) is 42.2 Å². The number of halogens is 1. The summed E-state index contributed by atoms with van der Waals surface area (Å²) in [5.74, 6) is 0.384. The molecule has 6 nitrogen and oxygen atoms in total. The molecule has 0 saturated heterocycles. The first-order valence-electron chi connectivity index (χ1n) is 8.55. The number of amides is 2. The summed E-state index contributed by atoms with van der Waals surface area (Å²) in [6.07, 6.45) is 0.793. The van der Waals surface area contributed by atoms with Gasteiger partial charge in [0.15, 0.2) is 11.6 Å². The number of nitrogens with one attached hydrogen (secondary N) is 2. The standard InChI is InChI=1S/C19H22FN3O3/c1-3-10-25-16-8-7-13(12-14(16)20)21-19(24)22-15-5-4-6-17-18(15)23(2)9-11-26-17/h4-8,12H,3,9-11H2,1-2H3,(H2,21,22,24). The third kappa shape index (κ3) is 3.99. The van der Waals surface area contributed by atoms with E-state index < -0.39 is 11.8 Å². The van der Waals surface area contributed by atoms with Gasteiger partial charge in [-0.25, -0.2) is 9.18 Å². The Morgan fingerprint density at radius 1 is 1.31 bits per heavy atom. The number of likely N-dealkylation sites (N-methyl/N-ethyl adjacent to an activating group) is 1. The minimum absolute atomic E-state index is 0.175. The molecule has 0 aliphatic carbocycles. The maximum Gasteiger partial charge on any atom is 0.323 e. The van der Waals surface area contributed by atoms with Gasteiger partial charge in [0.1, 0.15) is 18.0 Å². The molecule has 1 aliphatic heterocycles. The molecule has 2 aromatic rings. The highest BCUT2D eigenvalue weighted by atomic mass is 19.1. The highest BCUT2D eigenvalue weighted by Crippen LogP contribution is 2.37. The Balaban J connectivity index is 1.69. The van der Waals surface area contributed by atoms with Crippen LogP contribution < -0.4 is 25.0 Å². The van der Waals surface area contributed by atoms with Crippen LogP contribution in [0.25, 0.3) is 0 Å². The lowest BCUT2D eigenvalue weighted by Gasteiger charge is -2.29. The summed E-state index contributed by atoms with van der Waals surface area (Å²) in [6, 6.07) is 9.35. The minimum atomic E-state index is -0.513. The van der Waals surface area contributed by atoms with Crippen molar-refractivity contribution in [3.8, 4) is 11.5 Å². The van der Waals surface area contributed by atoms with E-state index in [-0.39, 0.29) is 5.75 Å². The second-order valence-electron chi connectivity index (χ2n) is 6.00. The van der Waals surface area contributed by atoms with Crippen LogP contribution in [0.5, 0.6) is 11.5 Å².